The molecule has 2 aromatic heterocycles. The monoisotopic (exact) mass is 312 g/mol. The number of carbonyl (C=O) groups is 1. The minimum atomic E-state index is -1.18. The van der Waals surface area contributed by atoms with Crippen LogP contribution >= 0.6 is 0 Å². The first kappa shape index (κ1) is 15.3. The number of H-pyrrole nitrogens is 1. The van der Waals surface area contributed by atoms with E-state index in [9.17, 15) is 9.90 Å². The molecular weight excluding hydrogens is 292 g/mol. The number of hydrogen-bond donors (Lipinski definition) is 3. The lowest BCUT2D eigenvalue weighted by Gasteiger charge is -2.22. The fourth-order valence-corrected chi connectivity index (χ4v) is 2.71. The van der Waals surface area contributed by atoms with E-state index in [2.05, 4.69) is 15.4 Å². The third kappa shape index (κ3) is 2.85. The Morgan fingerprint density at radius 3 is 2.87 bits per heavy atom. The minimum Gasteiger partial charge on any atom is -0.383 e. The summed E-state index contributed by atoms with van der Waals surface area (Å²) in [5.41, 5.74) is 1.83. The number of nitrogens with zero attached hydrogens (tertiary/aromatic N) is 2. The van der Waals surface area contributed by atoms with Crippen molar-refractivity contribution in [3.05, 3.63) is 53.5 Å². The van der Waals surface area contributed by atoms with Crippen LogP contribution in [0.3, 0.4) is 0 Å². The number of aliphatic hydroxyl groups is 1. The zero-order chi connectivity index (χ0) is 16.6. The average Bonchev–Trinajstić information content (AvgIpc) is 3.08. The molecule has 0 saturated carbocycles. The van der Waals surface area contributed by atoms with Crippen LogP contribution in [0.15, 0.2) is 36.7 Å². The first-order valence-electron chi connectivity index (χ1n) is 7.45. The zero-order valence-electron chi connectivity index (χ0n) is 13.4. The molecule has 0 bridgehead atoms. The summed E-state index contributed by atoms with van der Waals surface area (Å²) >= 11 is 0. The molecule has 120 valence electrons. The van der Waals surface area contributed by atoms with Crippen molar-refractivity contribution in [1.82, 2.24) is 20.1 Å². The van der Waals surface area contributed by atoms with Gasteiger partial charge >= 0.3 is 0 Å². The predicted molar refractivity (Wildman–Crippen MR) is 88.1 cm³/mol. The van der Waals surface area contributed by atoms with Gasteiger partial charge in [-0.3, -0.25) is 9.48 Å². The van der Waals surface area contributed by atoms with Gasteiger partial charge in [0.05, 0.1) is 18.3 Å². The fraction of sp³-hybridized carbons (Fsp3) is 0.294. The molecule has 1 aromatic carbocycles. The summed E-state index contributed by atoms with van der Waals surface area (Å²) in [6, 6.07) is 7.67. The summed E-state index contributed by atoms with van der Waals surface area (Å²) in [6.07, 6.45) is 3.34. The number of aromatic nitrogens is 3. The van der Waals surface area contributed by atoms with E-state index >= 15 is 0 Å². The summed E-state index contributed by atoms with van der Waals surface area (Å²) in [7, 11) is 1.79. The van der Waals surface area contributed by atoms with Gasteiger partial charge in [0.2, 0.25) is 0 Å². The number of para-hydroxylation sites is 1. The third-order valence-electron chi connectivity index (χ3n) is 4.04. The summed E-state index contributed by atoms with van der Waals surface area (Å²) in [5, 5.41) is 18.3. The van der Waals surface area contributed by atoms with Crippen molar-refractivity contribution in [2.24, 2.45) is 7.05 Å². The molecule has 23 heavy (non-hydrogen) atoms. The summed E-state index contributed by atoms with van der Waals surface area (Å²) in [4.78, 5) is 15.8. The first-order valence-corrected chi connectivity index (χ1v) is 7.45. The van der Waals surface area contributed by atoms with Crippen molar-refractivity contribution in [1.29, 1.82) is 0 Å². The molecule has 6 nitrogen and oxygen atoms in total. The highest BCUT2D eigenvalue weighted by Crippen LogP contribution is 2.23. The Labute approximate surface area is 134 Å². The molecule has 0 unspecified atom stereocenters. The molecule has 0 aliphatic heterocycles. The quantitative estimate of drug-likeness (QED) is 0.687. The van der Waals surface area contributed by atoms with Crippen LogP contribution in [0.2, 0.25) is 0 Å². The highest BCUT2D eigenvalue weighted by atomic mass is 16.3. The maximum atomic E-state index is 12.6. The van der Waals surface area contributed by atoms with E-state index in [1.165, 1.54) is 0 Å². The number of nitrogens with one attached hydrogen (secondary N) is 2. The standard InChI is InChI=1S/C17H20N4O2/c1-11-15(13-6-4-5-7-14(13)20-11)16(22)18-10-17(2,23)12-8-19-21(3)9-12/h4-9,20,23H,10H2,1-3H3,(H,18,22)/t17-/m0/s1. The molecule has 6 heteroatoms. The van der Waals surface area contributed by atoms with E-state index in [1.807, 2.05) is 31.2 Å². The van der Waals surface area contributed by atoms with Gasteiger partial charge in [-0.25, -0.2) is 0 Å². The number of aromatic amines is 1. The van der Waals surface area contributed by atoms with Crippen molar-refractivity contribution in [2.45, 2.75) is 19.4 Å². The topological polar surface area (TPSA) is 82.9 Å². The highest BCUT2D eigenvalue weighted by Gasteiger charge is 2.26. The number of amides is 1. The SMILES string of the molecule is Cc1[nH]c2ccccc2c1C(=O)NC[C@](C)(O)c1cnn(C)c1. The Bertz CT molecular complexity index is 860. The van der Waals surface area contributed by atoms with Gasteiger partial charge in [0.15, 0.2) is 0 Å². The molecule has 3 rings (SSSR count). The van der Waals surface area contributed by atoms with Crippen LogP contribution in [-0.4, -0.2) is 32.3 Å². The summed E-state index contributed by atoms with van der Waals surface area (Å²) in [5.74, 6) is -0.205. The van der Waals surface area contributed by atoms with Crippen LogP contribution in [0.4, 0.5) is 0 Å². The number of hydrogen-bond acceptors (Lipinski definition) is 3. The molecular formula is C17H20N4O2. The number of aryl methyl sites for hydroxylation is 2. The highest BCUT2D eigenvalue weighted by molar-refractivity contribution is 6.08. The van der Waals surface area contributed by atoms with Crippen LogP contribution in [0.5, 0.6) is 0 Å². The predicted octanol–water partition coefficient (Wildman–Crippen LogP) is 1.85. The molecule has 0 aliphatic rings. The van der Waals surface area contributed by atoms with Crippen LogP contribution in [-0.2, 0) is 12.6 Å². The van der Waals surface area contributed by atoms with E-state index in [1.54, 1.807) is 31.0 Å². The Morgan fingerprint density at radius 1 is 1.43 bits per heavy atom. The van der Waals surface area contributed by atoms with E-state index in [0.29, 0.717) is 11.1 Å². The van der Waals surface area contributed by atoms with Gasteiger partial charge in [-0.05, 0) is 19.9 Å². The van der Waals surface area contributed by atoms with Crippen LogP contribution in [0.1, 0.15) is 28.5 Å². The van der Waals surface area contributed by atoms with Crippen molar-refractivity contribution in [3.63, 3.8) is 0 Å². The fourth-order valence-electron chi connectivity index (χ4n) is 2.71. The summed E-state index contributed by atoms with van der Waals surface area (Å²) < 4.78 is 1.62. The van der Waals surface area contributed by atoms with Crippen molar-refractivity contribution in [2.75, 3.05) is 6.54 Å². The lowest BCUT2D eigenvalue weighted by molar-refractivity contribution is 0.0526. The van der Waals surface area contributed by atoms with E-state index in [-0.39, 0.29) is 12.5 Å². The lowest BCUT2D eigenvalue weighted by Crippen LogP contribution is -2.38. The van der Waals surface area contributed by atoms with Crippen LogP contribution in [0.25, 0.3) is 10.9 Å². The number of carbonyl (C=O) groups excluding carboxylic acids is 1. The van der Waals surface area contributed by atoms with Crippen molar-refractivity contribution in [3.8, 4) is 0 Å². The van der Waals surface area contributed by atoms with E-state index < -0.39 is 5.60 Å². The van der Waals surface area contributed by atoms with E-state index in [4.69, 9.17) is 0 Å². The Kier molecular flexibility index (Phi) is 3.69. The molecule has 3 N–H and O–H groups in total. The second-order valence-electron chi connectivity index (χ2n) is 6.03. The van der Waals surface area contributed by atoms with Crippen LogP contribution in [0, 0.1) is 6.92 Å². The van der Waals surface area contributed by atoms with Gasteiger partial charge in [0, 0.05) is 35.4 Å². The largest absolute Gasteiger partial charge is 0.383 e. The first-order chi connectivity index (χ1) is 10.9. The minimum absolute atomic E-state index is 0.108. The van der Waals surface area contributed by atoms with Gasteiger partial charge in [-0.2, -0.15) is 5.10 Å². The average molecular weight is 312 g/mol. The normalized spacial score (nSPS) is 13.9. The molecule has 2 heterocycles. The van der Waals surface area contributed by atoms with Gasteiger partial charge < -0.3 is 15.4 Å². The maximum absolute atomic E-state index is 12.6. The Balaban J connectivity index is 1.80. The maximum Gasteiger partial charge on any atom is 0.253 e. The molecule has 1 amide bonds. The summed E-state index contributed by atoms with van der Waals surface area (Å²) in [6.45, 7) is 3.64. The molecule has 1 atom stereocenters. The Morgan fingerprint density at radius 2 is 2.17 bits per heavy atom. The van der Waals surface area contributed by atoms with Crippen molar-refractivity contribution >= 4 is 16.8 Å². The van der Waals surface area contributed by atoms with Crippen LogP contribution < -0.4 is 5.32 Å². The number of rotatable bonds is 4. The second-order valence-corrected chi connectivity index (χ2v) is 6.03. The second kappa shape index (κ2) is 5.55. The molecule has 0 radical (unpaired) electrons. The molecule has 0 aliphatic carbocycles. The smallest absolute Gasteiger partial charge is 0.253 e. The molecule has 3 aromatic rings. The molecule has 0 fully saturated rings. The van der Waals surface area contributed by atoms with Gasteiger partial charge in [0.25, 0.3) is 5.91 Å². The molecule has 0 saturated heterocycles. The zero-order valence-corrected chi connectivity index (χ0v) is 13.4. The number of fused-ring (bicyclic) bond motifs is 1. The van der Waals surface area contributed by atoms with Crippen molar-refractivity contribution < 1.29 is 9.90 Å². The van der Waals surface area contributed by atoms with E-state index in [0.717, 1.165) is 16.6 Å². The lowest BCUT2D eigenvalue weighted by atomic mass is 9.99. The molecule has 0 spiro atoms. The van der Waals surface area contributed by atoms with Gasteiger partial charge in [-0.1, -0.05) is 18.2 Å². The number of benzene rings is 1. The third-order valence-corrected chi connectivity index (χ3v) is 4.04. The van der Waals surface area contributed by atoms with Gasteiger partial charge in [-0.15, -0.1) is 0 Å². The Hall–Kier alpha value is -2.60. The van der Waals surface area contributed by atoms with Gasteiger partial charge in [0.1, 0.15) is 5.60 Å².